The van der Waals surface area contributed by atoms with Crippen molar-refractivity contribution in [2.24, 2.45) is 0 Å². The average molecular weight is 238 g/mol. The van der Waals surface area contributed by atoms with Gasteiger partial charge in [0.1, 0.15) is 5.69 Å². The van der Waals surface area contributed by atoms with Crippen molar-refractivity contribution in [3.63, 3.8) is 0 Å². The van der Waals surface area contributed by atoms with E-state index in [1.807, 2.05) is 42.5 Å². The lowest BCUT2D eigenvalue weighted by Crippen LogP contribution is -2.01. The van der Waals surface area contributed by atoms with Crippen LogP contribution in [0.2, 0.25) is 0 Å². The summed E-state index contributed by atoms with van der Waals surface area (Å²) in [6.45, 7) is 5.18. The molecule has 0 radical (unpaired) electrons. The van der Waals surface area contributed by atoms with Crippen LogP contribution in [-0.4, -0.2) is 15.3 Å². The summed E-state index contributed by atoms with van der Waals surface area (Å²) < 4.78 is 1.63. The molecule has 0 saturated heterocycles. The fourth-order valence-electron chi connectivity index (χ4n) is 1.74. The largest absolute Gasteiger partial charge is 0.303 e. The second kappa shape index (κ2) is 5.27. The Hall–Kier alpha value is -2.42. The third kappa shape index (κ3) is 2.46. The van der Waals surface area contributed by atoms with E-state index in [1.165, 1.54) is 6.92 Å². The Labute approximate surface area is 106 Å². The number of hydrogen-bond donors (Lipinski definition) is 0. The normalized spacial score (nSPS) is 10.7. The molecular weight excluding hydrogens is 224 g/mol. The van der Waals surface area contributed by atoms with Gasteiger partial charge in [-0.15, -0.1) is 0 Å². The van der Waals surface area contributed by atoms with Gasteiger partial charge in [0, 0.05) is 13.1 Å². The lowest BCUT2D eigenvalue weighted by atomic mass is 10.1. The van der Waals surface area contributed by atoms with E-state index in [0.717, 1.165) is 5.56 Å². The molecule has 0 fully saturated rings. The van der Waals surface area contributed by atoms with Crippen LogP contribution >= 0.6 is 0 Å². The first-order valence-corrected chi connectivity index (χ1v) is 5.66. The average Bonchev–Trinajstić information content (AvgIpc) is 2.80. The zero-order valence-electron chi connectivity index (χ0n) is 10.2. The molecule has 90 valence electrons. The number of Topliss-reactive ketones (excluding diaryl/α,β-unsaturated/α-hetero) is 1. The quantitative estimate of drug-likeness (QED) is 0.765. The zero-order chi connectivity index (χ0) is 13.0. The minimum Gasteiger partial charge on any atom is -0.303 e. The Bertz CT molecular complexity index is 594. The molecule has 0 aliphatic heterocycles. The van der Waals surface area contributed by atoms with Gasteiger partial charge in [0.15, 0.2) is 5.78 Å². The molecule has 0 saturated carbocycles. The van der Waals surface area contributed by atoms with Crippen molar-refractivity contribution in [3.8, 4) is 0 Å². The van der Waals surface area contributed by atoms with Gasteiger partial charge in [-0.2, -0.15) is 0 Å². The number of imidazole rings is 1. The highest BCUT2D eigenvalue weighted by Gasteiger charge is 2.11. The fraction of sp³-hybridized carbons (Fsp3) is 0.0667. The zero-order valence-corrected chi connectivity index (χ0v) is 10.2. The minimum atomic E-state index is -0.0277. The predicted octanol–water partition coefficient (Wildman–Crippen LogP) is 3.36. The molecule has 2 rings (SSSR count). The monoisotopic (exact) mass is 238 g/mol. The highest BCUT2D eigenvalue weighted by Crippen LogP contribution is 2.13. The topological polar surface area (TPSA) is 34.9 Å². The van der Waals surface area contributed by atoms with E-state index < -0.39 is 0 Å². The molecule has 3 nitrogen and oxygen atoms in total. The minimum absolute atomic E-state index is 0.0277. The highest BCUT2D eigenvalue weighted by atomic mass is 16.1. The summed E-state index contributed by atoms with van der Waals surface area (Å²) in [7, 11) is 0. The molecule has 2 aromatic rings. The number of carbonyl (C=O) groups is 1. The first-order valence-electron chi connectivity index (χ1n) is 5.66. The van der Waals surface area contributed by atoms with E-state index in [2.05, 4.69) is 11.6 Å². The molecule has 0 aliphatic carbocycles. The van der Waals surface area contributed by atoms with Crippen molar-refractivity contribution >= 4 is 24.1 Å². The molecule has 3 heteroatoms. The lowest BCUT2D eigenvalue weighted by molar-refractivity contribution is 0.101. The molecule has 1 aromatic carbocycles. The molecule has 18 heavy (non-hydrogen) atoms. The van der Waals surface area contributed by atoms with Crippen LogP contribution in [-0.2, 0) is 0 Å². The predicted molar refractivity (Wildman–Crippen MR) is 74.0 cm³/mol. The summed E-state index contributed by atoms with van der Waals surface area (Å²) in [5, 5.41) is 0. The highest BCUT2D eigenvalue weighted by molar-refractivity contribution is 5.97. The van der Waals surface area contributed by atoms with E-state index in [-0.39, 0.29) is 5.78 Å². The first-order chi connectivity index (χ1) is 8.72. The number of hydrogen-bond acceptors (Lipinski definition) is 2. The van der Waals surface area contributed by atoms with Gasteiger partial charge in [-0.3, -0.25) is 4.79 Å². The van der Waals surface area contributed by atoms with Crippen molar-refractivity contribution in [2.45, 2.75) is 6.92 Å². The Balaban J connectivity index is 2.35. The molecule has 0 aliphatic rings. The second-order valence-corrected chi connectivity index (χ2v) is 3.87. The van der Waals surface area contributed by atoms with Gasteiger partial charge in [-0.25, -0.2) is 4.98 Å². The van der Waals surface area contributed by atoms with Crippen LogP contribution in [0.4, 0.5) is 0 Å². The maximum atomic E-state index is 11.6. The van der Waals surface area contributed by atoms with Crippen LogP contribution in [0.5, 0.6) is 0 Å². The maximum Gasteiger partial charge on any atom is 0.178 e. The van der Waals surface area contributed by atoms with Crippen molar-refractivity contribution in [1.29, 1.82) is 0 Å². The van der Waals surface area contributed by atoms with E-state index in [1.54, 1.807) is 17.1 Å². The second-order valence-electron chi connectivity index (χ2n) is 3.87. The molecule has 0 unspecified atom stereocenters. The van der Waals surface area contributed by atoms with Crippen LogP contribution in [0, 0.1) is 0 Å². The molecular formula is C15H14N2O. The first kappa shape index (κ1) is 12.0. The van der Waals surface area contributed by atoms with Gasteiger partial charge in [0.25, 0.3) is 0 Å². The van der Waals surface area contributed by atoms with Gasteiger partial charge < -0.3 is 4.57 Å². The smallest absolute Gasteiger partial charge is 0.178 e. The van der Waals surface area contributed by atoms with Gasteiger partial charge in [-0.05, 0) is 11.6 Å². The van der Waals surface area contributed by atoms with Crippen molar-refractivity contribution in [2.75, 3.05) is 0 Å². The van der Waals surface area contributed by atoms with Gasteiger partial charge in [0.05, 0.1) is 12.0 Å². The number of carbonyl (C=O) groups excluding carboxylic acids is 1. The molecule has 0 spiro atoms. The van der Waals surface area contributed by atoms with E-state index in [4.69, 9.17) is 0 Å². The van der Waals surface area contributed by atoms with Gasteiger partial charge >= 0.3 is 0 Å². The summed E-state index contributed by atoms with van der Waals surface area (Å²) in [5.41, 5.74) is 2.28. The molecule has 0 N–H and O–H groups in total. The third-order valence-electron chi connectivity index (χ3n) is 2.59. The molecule has 0 atom stereocenters. The summed E-state index contributed by atoms with van der Waals surface area (Å²) >= 11 is 0. The molecule has 1 heterocycles. The number of ketones is 1. The van der Waals surface area contributed by atoms with Crippen LogP contribution in [0.25, 0.3) is 18.4 Å². The van der Waals surface area contributed by atoms with Crippen LogP contribution in [0.3, 0.4) is 0 Å². The summed E-state index contributed by atoms with van der Waals surface area (Å²) in [6, 6.07) is 9.88. The Morgan fingerprint density at radius 3 is 2.61 bits per heavy atom. The Kier molecular flexibility index (Phi) is 3.53. The number of nitrogens with zero attached hydrogens (tertiary/aromatic N) is 2. The standard InChI is InChI=1S/C15H14N2O/c1-3-17-11-16-14(15(17)12(2)18)10-9-13-7-5-4-6-8-13/h3-11H,1H2,2H3/b10-9+. The number of benzene rings is 1. The van der Waals surface area contributed by atoms with Gasteiger partial charge in [-0.1, -0.05) is 43.0 Å². The van der Waals surface area contributed by atoms with Crippen LogP contribution in [0.15, 0.2) is 43.2 Å². The van der Waals surface area contributed by atoms with Crippen molar-refractivity contribution in [1.82, 2.24) is 9.55 Å². The molecule has 0 amide bonds. The Morgan fingerprint density at radius 1 is 1.28 bits per heavy atom. The van der Waals surface area contributed by atoms with E-state index >= 15 is 0 Å². The lowest BCUT2D eigenvalue weighted by Gasteiger charge is -1.98. The van der Waals surface area contributed by atoms with Crippen molar-refractivity contribution in [3.05, 3.63) is 60.2 Å². The Morgan fingerprint density at radius 2 is 2.00 bits per heavy atom. The van der Waals surface area contributed by atoms with Crippen LogP contribution in [0.1, 0.15) is 28.7 Å². The maximum absolute atomic E-state index is 11.6. The molecule has 1 aromatic heterocycles. The summed E-state index contributed by atoms with van der Waals surface area (Å²) in [4.78, 5) is 15.8. The molecule has 0 bridgehead atoms. The number of aromatic nitrogens is 2. The number of rotatable bonds is 4. The van der Waals surface area contributed by atoms with E-state index in [9.17, 15) is 4.79 Å². The van der Waals surface area contributed by atoms with E-state index in [0.29, 0.717) is 11.4 Å². The SMILES string of the molecule is C=Cn1cnc(/C=C/c2ccccc2)c1C(C)=O. The fourth-order valence-corrected chi connectivity index (χ4v) is 1.74. The van der Waals surface area contributed by atoms with Gasteiger partial charge in [0.2, 0.25) is 0 Å². The third-order valence-corrected chi connectivity index (χ3v) is 2.59. The summed E-state index contributed by atoms with van der Waals surface area (Å²) in [6.07, 6.45) is 6.94. The van der Waals surface area contributed by atoms with Crippen molar-refractivity contribution < 1.29 is 4.79 Å². The van der Waals surface area contributed by atoms with Crippen LogP contribution < -0.4 is 0 Å². The summed E-state index contributed by atoms with van der Waals surface area (Å²) in [5.74, 6) is -0.0277.